The Morgan fingerprint density at radius 3 is 1.62 bits per heavy atom. The van der Waals surface area contributed by atoms with E-state index in [9.17, 15) is 14.4 Å². The summed E-state index contributed by atoms with van der Waals surface area (Å²) in [7, 11) is 0. The van der Waals surface area contributed by atoms with E-state index in [-0.39, 0.29) is 25.0 Å². The predicted molar refractivity (Wildman–Crippen MR) is 113 cm³/mol. The van der Waals surface area contributed by atoms with Gasteiger partial charge in [-0.2, -0.15) is 0 Å². The minimum absolute atomic E-state index is 0.198. The molecule has 0 aromatic heterocycles. The minimum Gasteiger partial charge on any atom is -0.465 e. The van der Waals surface area contributed by atoms with E-state index in [1.54, 1.807) is 6.92 Å². The molecule has 0 radical (unpaired) electrons. The summed E-state index contributed by atoms with van der Waals surface area (Å²) in [6, 6.07) is 15.7. The van der Waals surface area contributed by atoms with E-state index >= 15 is 0 Å². The Kier molecular flexibility index (Phi) is 4.10. The second-order valence-electron chi connectivity index (χ2n) is 7.54. The summed E-state index contributed by atoms with van der Waals surface area (Å²) in [4.78, 5) is 40.1. The van der Waals surface area contributed by atoms with Gasteiger partial charge in [0.15, 0.2) is 0 Å². The molecule has 0 saturated carbocycles. The number of nitrogens with zero attached hydrogens (tertiary/aromatic N) is 1. The van der Waals surface area contributed by atoms with Gasteiger partial charge in [-0.15, -0.1) is 0 Å². The van der Waals surface area contributed by atoms with Crippen molar-refractivity contribution in [3.63, 3.8) is 0 Å². The quantitative estimate of drug-likeness (QED) is 0.354. The molecule has 7 heteroatoms. The summed E-state index contributed by atoms with van der Waals surface area (Å²) >= 11 is 7.83. The van der Waals surface area contributed by atoms with Gasteiger partial charge in [0.05, 0.1) is 27.1 Å². The van der Waals surface area contributed by atoms with Crippen LogP contribution in [0.4, 0.5) is 0 Å². The Morgan fingerprint density at radius 1 is 0.897 bits per heavy atom. The molecule has 2 atom stereocenters. The van der Waals surface area contributed by atoms with Crippen LogP contribution in [-0.2, 0) is 27.8 Å². The number of benzene rings is 2. The number of rotatable bonds is 3. The van der Waals surface area contributed by atoms with Gasteiger partial charge in [0.2, 0.25) is 11.8 Å². The van der Waals surface area contributed by atoms with Crippen LogP contribution in [0.25, 0.3) is 0 Å². The lowest BCUT2D eigenvalue weighted by atomic mass is 9.54. The average Bonchev–Trinajstić information content (AvgIpc) is 2.98. The third-order valence-electron chi connectivity index (χ3n) is 6.27. The van der Waals surface area contributed by atoms with Gasteiger partial charge in [-0.05, 0) is 29.2 Å². The third kappa shape index (κ3) is 2.18. The lowest BCUT2D eigenvalue weighted by Gasteiger charge is -2.55. The number of halogens is 2. The van der Waals surface area contributed by atoms with Gasteiger partial charge >= 0.3 is 5.97 Å². The average molecular weight is 519 g/mol. The van der Waals surface area contributed by atoms with E-state index in [1.807, 2.05) is 48.5 Å². The fraction of sp³-hybridized carbons (Fsp3) is 0.318. The molecule has 0 N–H and O–H groups in total. The molecule has 1 saturated heterocycles. The zero-order valence-electron chi connectivity index (χ0n) is 15.5. The van der Waals surface area contributed by atoms with Gasteiger partial charge in [-0.25, -0.2) is 0 Å². The van der Waals surface area contributed by atoms with E-state index in [0.717, 1.165) is 27.2 Å². The predicted octanol–water partition coefficient (Wildman–Crippen LogP) is 3.45. The highest BCUT2D eigenvalue weighted by atomic mass is 79.9. The molecule has 2 amide bonds. The van der Waals surface area contributed by atoms with Crippen LogP contribution in [0.15, 0.2) is 48.5 Å². The van der Waals surface area contributed by atoms with Crippen molar-refractivity contribution in [2.75, 3.05) is 13.2 Å². The Labute approximate surface area is 184 Å². The second kappa shape index (κ2) is 6.25. The van der Waals surface area contributed by atoms with Crippen LogP contribution in [0.1, 0.15) is 29.2 Å². The summed E-state index contributed by atoms with van der Waals surface area (Å²) in [5, 5.41) is 0. The van der Waals surface area contributed by atoms with E-state index in [0.29, 0.717) is 0 Å². The highest BCUT2D eigenvalue weighted by Gasteiger charge is 2.72. The first-order valence-corrected chi connectivity index (χ1v) is 11.0. The van der Waals surface area contributed by atoms with E-state index < -0.39 is 26.5 Å². The minimum atomic E-state index is -0.837. The molecule has 2 aromatic carbocycles. The van der Waals surface area contributed by atoms with Gasteiger partial charge in [0.25, 0.3) is 0 Å². The number of likely N-dealkylation sites (tertiary alicyclic amines) is 1. The van der Waals surface area contributed by atoms with Crippen molar-refractivity contribution in [1.82, 2.24) is 4.90 Å². The van der Waals surface area contributed by atoms with Crippen molar-refractivity contribution in [3.05, 3.63) is 70.8 Å². The number of amides is 2. The van der Waals surface area contributed by atoms with E-state index in [4.69, 9.17) is 4.74 Å². The summed E-state index contributed by atoms with van der Waals surface area (Å²) < 4.78 is 3.32. The van der Waals surface area contributed by atoms with Crippen LogP contribution >= 0.6 is 31.9 Å². The molecule has 0 spiro atoms. The monoisotopic (exact) mass is 517 g/mol. The molecule has 3 aliphatic carbocycles. The maximum Gasteiger partial charge on any atom is 0.326 e. The van der Waals surface area contributed by atoms with E-state index in [2.05, 4.69) is 31.9 Å². The second-order valence-corrected chi connectivity index (χ2v) is 10.0. The van der Waals surface area contributed by atoms with Crippen LogP contribution < -0.4 is 0 Å². The van der Waals surface area contributed by atoms with Crippen LogP contribution in [0.3, 0.4) is 0 Å². The summed E-state index contributed by atoms with van der Waals surface area (Å²) in [6.45, 7) is 1.53. The van der Waals surface area contributed by atoms with Gasteiger partial charge < -0.3 is 4.74 Å². The number of imide groups is 1. The number of ether oxygens (including phenoxy) is 1. The first-order chi connectivity index (χ1) is 13.9. The molecule has 5 nitrogen and oxygen atoms in total. The SMILES string of the molecule is CCOC(=O)CN1C(=O)[C@H]2[C@H](C1=O)C1(Br)c3ccccc3C2(Br)c2ccccc21. The van der Waals surface area contributed by atoms with Gasteiger partial charge in [-0.1, -0.05) is 80.4 Å². The highest BCUT2D eigenvalue weighted by Crippen LogP contribution is 2.70. The Bertz CT molecular complexity index is 960. The topological polar surface area (TPSA) is 63.7 Å². The number of alkyl halides is 2. The first kappa shape index (κ1) is 19.0. The lowest BCUT2D eigenvalue weighted by Crippen LogP contribution is -2.56. The maximum atomic E-state index is 13.5. The third-order valence-corrected chi connectivity index (χ3v) is 8.96. The van der Waals surface area contributed by atoms with Crippen molar-refractivity contribution >= 4 is 49.6 Å². The Balaban J connectivity index is 1.75. The largest absolute Gasteiger partial charge is 0.465 e. The molecular weight excluding hydrogens is 502 g/mol. The molecule has 29 heavy (non-hydrogen) atoms. The van der Waals surface area contributed by atoms with Crippen LogP contribution in [0.2, 0.25) is 0 Å². The normalized spacial score (nSPS) is 31.3. The molecule has 0 unspecified atom stereocenters. The molecule has 148 valence electrons. The standard InChI is InChI=1S/C22H17Br2NO4/c1-2-29-16(26)11-25-19(27)17-18(20(25)28)22(24)13-8-4-3-7-12(13)21(17,23)14-9-5-6-10-15(14)22/h3-10,17-18H,2,11H2,1H3/t17-,18-,21?,22?/m1/s1. The molecule has 2 bridgehead atoms. The molecular formula is C22H17Br2NO4. The van der Waals surface area contributed by atoms with Crippen LogP contribution in [0.5, 0.6) is 0 Å². The summed E-state index contributed by atoms with van der Waals surface area (Å²) in [6.07, 6.45) is 0. The summed E-state index contributed by atoms with van der Waals surface area (Å²) in [5.41, 5.74) is 3.87. The van der Waals surface area contributed by atoms with Crippen molar-refractivity contribution in [3.8, 4) is 0 Å². The Morgan fingerprint density at radius 2 is 1.28 bits per heavy atom. The molecule has 1 fully saturated rings. The van der Waals surface area contributed by atoms with E-state index in [1.165, 1.54) is 0 Å². The summed E-state index contributed by atoms with van der Waals surface area (Å²) in [5.74, 6) is -2.60. The maximum absolute atomic E-state index is 13.5. The lowest BCUT2D eigenvalue weighted by molar-refractivity contribution is -0.152. The number of carbonyl (C=O) groups excluding carboxylic acids is 3. The number of hydrogen-bond acceptors (Lipinski definition) is 4. The molecule has 1 aliphatic heterocycles. The fourth-order valence-electron chi connectivity index (χ4n) is 5.22. The van der Waals surface area contributed by atoms with Crippen LogP contribution in [-0.4, -0.2) is 35.8 Å². The van der Waals surface area contributed by atoms with Crippen molar-refractivity contribution in [1.29, 1.82) is 0 Å². The highest BCUT2D eigenvalue weighted by molar-refractivity contribution is 9.10. The molecule has 4 aliphatic rings. The van der Waals surface area contributed by atoms with Gasteiger partial charge in [-0.3, -0.25) is 19.3 Å². The molecule has 6 rings (SSSR count). The molecule has 2 aromatic rings. The smallest absolute Gasteiger partial charge is 0.326 e. The number of esters is 1. The zero-order valence-corrected chi connectivity index (χ0v) is 18.7. The number of hydrogen-bond donors (Lipinski definition) is 0. The fourth-order valence-corrected chi connectivity index (χ4v) is 7.52. The molecule has 1 heterocycles. The van der Waals surface area contributed by atoms with Crippen LogP contribution in [0, 0.1) is 11.8 Å². The van der Waals surface area contributed by atoms with Crippen molar-refractivity contribution < 1.29 is 19.1 Å². The van der Waals surface area contributed by atoms with Crippen molar-refractivity contribution in [2.45, 2.75) is 15.6 Å². The first-order valence-electron chi connectivity index (χ1n) is 9.45. The van der Waals surface area contributed by atoms with Gasteiger partial charge in [0, 0.05) is 0 Å². The van der Waals surface area contributed by atoms with Crippen molar-refractivity contribution in [2.24, 2.45) is 11.8 Å². The Hall–Kier alpha value is -1.99. The van der Waals surface area contributed by atoms with Gasteiger partial charge in [0.1, 0.15) is 6.54 Å². The zero-order chi connectivity index (χ0) is 20.6. The number of carbonyl (C=O) groups is 3.